The summed E-state index contributed by atoms with van der Waals surface area (Å²) in [6.45, 7) is 6.09. The summed E-state index contributed by atoms with van der Waals surface area (Å²) in [5.41, 5.74) is 3.77. The van der Waals surface area contributed by atoms with E-state index in [2.05, 4.69) is 12.2 Å². The van der Waals surface area contributed by atoms with Gasteiger partial charge in [-0.3, -0.25) is 19.3 Å². The number of benzene rings is 2. The topological polar surface area (TPSA) is 66.5 Å². The number of hydrogen-bond donors (Lipinski definition) is 1. The molecule has 2 aliphatic rings. The van der Waals surface area contributed by atoms with Crippen LogP contribution in [-0.2, 0) is 9.59 Å². The molecule has 0 aromatic heterocycles. The maximum atomic E-state index is 12.9. The molecule has 5 nitrogen and oxygen atoms in total. The van der Waals surface area contributed by atoms with Crippen LogP contribution in [0.5, 0.6) is 0 Å². The van der Waals surface area contributed by atoms with Gasteiger partial charge in [0.15, 0.2) is 0 Å². The molecule has 0 spiro atoms. The van der Waals surface area contributed by atoms with Gasteiger partial charge in [-0.05, 0) is 68.9 Å². The van der Waals surface area contributed by atoms with Crippen LogP contribution in [-0.4, -0.2) is 17.7 Å². The third kappa shape index (κ3) is 3.57. The van der Waals surface area contributed by atoms with E-state index in [0.29, 0.717) is 17.2 Å². The van der Waals surface area contributed by atoms with E-state index >= 15 is 0 Å². The fraction of sp³-hybridized carbons (Fsp3) is 0.375. The molecule has 1 heterocycles. The quantitative estimate of drug-likeness (QED) is 0.786. The first kappa shape index (κ1) is 19.4. The molecule has 0 bridgehead atoms. The average Bonchev–Trinajstić information content (AvgIpc) is 2.94. The number of hydrogen-bond acceptors (Lipinski definition) is 3. The molecule has 1 saturated carbocycles. The van der Waals surface area contributed by atoms with E-state index in [4.69, 9.17) is 0 Å². The third-order valence-electron chi connectivity index (χ3n) is 6.18. The number of fused-ring (bicyclic) bond motifs is 1. The maximum Gasteiger partial charge on any atom is 0.255 e. The molecule has 1 N–H and O–H groups in total. The minimum atomic E-state index is -0.260. The zero-order chi connectivity index (χ0) is 20.7. The van der Waals surface area contributed by atoms with Crippen molar-refractivity contribution in [2.45, 2.75) is 40.0 Å². The zero-order valence-corrected chi connectivity index (χ0v) is 17.1. The minimum absolute atomic E-state index is 0.126. The summed E-state index contributed by atoms with van der Waals surface area (Å²) < 4.78 is 0. The van der Waals surface area contributed by atoms with Gasteiger partial charge in [0, 0.05) is 11.3 Å². The molecule has 3 atom stereocenters. The van der Waals surface area contributed by atoms with Crippen molar-refractivity contribution in [3.8, 4) is 0 Å². The van der Waals surface area contributed by atoms with Crippen LogP contribution >= 0.6 is 0 Å². The monoisotopic (exact) mass is 390 g/mol. The summed E-state index contributed by atoms with van der Waals surface area (Å²) in [6, 6.07) is 12.6. The fourth-order valence-electron chi connectivity index (χ4n) is 4.58. The number of carbonyl (C=O) groups excluding carboxylic acids is 3. The van der Waals surface area contributed by atoms with Crippen molar-refractivity contribution < 1.29 is 14.4 Å². The van der Waals surface area contributed by atoms with Gasteiger partial charge in [-0.2, -0.15) is 0 Å². The van der Waals surface area contributed by atoms with Crippen molar-refractivity contribution in [1.82, 2.24) is 0 Å². The van der Waals surface area contributed by atoms with Crippen LogP contribution in [0.15, 0.2) is 42.5 Å². The molecular weight excluding hydrogens is 364 g/mol. The van der Waals surface area contributed by atoms with E-state index < -0.39 is 0 Å². The molecule has 3 amide bonds. The second-order valence-electron chi connectivity index (χ2n) is 8.47. The Kier molecular flexibility index (Phi) is 4.99. The number of amides is 3. The highest BCUT2D eigenvalue weighted by Crippen LogP contribution is 2.42. The van der Waals surface area contributed by atoms with Gasteiger partial charge in [-0.15, -0.1) is 0 Å². The Morgan fingerprint density at radius 3 is 2.52 bits per heavy atom. The Bertz CT molecular complexity index is 997. The van der Waals surface area contributed by atoms with E-state index in [9.17, 15) is 14.4 Å². The predicted octanol–water partition coefficient (Wildman–Crippen LogP) is 4.48. The second kappa shape index (κ2) is 7.47. The Balaban J connectivity index is 1.58. The van der Waals surface area contributed by atoms with Gasteiger partial charge in [-0.25, -0.2) is 0 Å². The standard InChI is InChI=1S/C24H26N2O3/c1-14-8-10-21(16(3)11-14)25-22(27)17-5-4-6-18(13-17)26-23(28)19-9-7-15(2)12-20(19)24(26)29/h4-6,8,10-11,13,15,19-20H,7,9,12H2,1-3H3,(H,25,27)/t15-,19+,20-/m0/s1. The fourth-order valence-corrected chi connectivity index (χ4v) is 4.58. The van der Waals surface area contributed by atoms with Gasteiger partial charge >= 0.3 is 0 Å². The van der Waals surface area contributed by atoms with Crippen molar-refractivity contribution in [3.63, 3.8) is 0 Å². The zero-order valence-electron chi connectivity index (χ0n) is 17.1. The van der Waals surface area contributed by atoms with Crippen molar-refractivity contribution >= 4 is 29.1 Å². The summed E-state index contributed by atoms with van der Waals surface area (Å²) >= 11 is 0. The van der Waals surface area contributed by atoms with Crippen LogP contribution in [0.2, 0.25) is 0 Å². The van der Waals surface area contributed by atoms with Gasteiger partial charge < -0.3 is 5.32 Å². The molecule has 0 unspecified atom stereocenters. The number of carbonyl (C=O) groups is 3. The van der Waals surface area contributed by atoms with Gasteiger partial charge in [0.05, 0.1) is 17.5 Å². The first-order valence-electron chi connectivity index (χ1n) is 10.2. The molecule has 1 aliphatic heterocycles. The molecule has 1 aliphatic carbocycles. The van der Waals surface area contributed by atoms with E-state index in [1.807, 2.05) is 32.0 Å². The van der Waals surface area contributed by atoms with E-state index in [0.717, 1.165) is 36.1 Å². The van der Waals surface area contributed by atoms with Crippen LogP contribution in [0.25, 0.3) is 0 Å². The minimum Gasteiger partial charge on any atom is -0.322 e. The van der Waals surface area contributed by atoms with E-state index in [-0.39, 0.29) is 29.6 Å². The average molecular weight is 390 g/mol. The van der Waals surface area contributed by atoms with Crippen molar-refractivity contribution in [3.05, 3.63) is 59.2 Å². The van der Waals surface area contributed by atoms with Crippen molar-refractivity contribution in [1.29, 1.82) is 0 Å². The maximum absolute atomic E-state index is 12.9. The second-order valence-corrected chi connectivity index (χ2v) is 8.47. The number of rotatable bonds is 3. The molecule has 0 radical (unpaired) electrons. The van der Waals surface area contributed by atoms with Crippen LogP contribution in [0.1, 0.15) is 47.7 Å². The molecule has 2 aromatic rings. The first-order valence-corrected chi connectivity index (χ1v) is 10.2. The van der Waals surface area contributed by atoms with Crippen LogP contribution in [0, 0.1) is 31.6 Å². The molecule has 29 heavy (non-hydrogen) atoms. The SMILES string of the molecule is Cc1ccc(NC(=O)c2cccc(N3C(=O)[C@H]4C[C@@H](C)CC[C@H]4C3=O)c2)c(C)c1. The highest BCUT2D eigenvalue weighted by Gasteiger charge is 2.50. The first-order chi connectivity index (χ1) is 13.8. The number of aryl methyl sites for hydroxylation is 2. The number of imide groups is 1. The number of nitrogens with one attached hydrogen (secondary N) is 1. The molecule has 5 heteroatoms. The normalized spacial score (nSPS) is 23.8. The van der Waals surface area contributed by atoms with Crippen LogP contribution < -0.4 is 10.2 Å². The Labute approximate surface area is 171 Å². The lowest BCUT2D eigenvalue weighted by Crippen LogP contribution is -2.31. The number of anilines is 2. The Morgan fingerprint density at radius 1 is 1.00 bits per heavy atom. The Morgan fingerprint density at radius 2 is 1.76 bits per heavy atom. The summed E-state index contributed by atoms with van der Waals surface area (Å²) in [5.74, 6) is -0.491. The summed E-state index contributed by atoms with van der Waals surface area (Å²) in [5, 5.41) is 2.92. The van der Waals surface area contributed by atoms with Crippen LogP contribution in [0.4, 0.5) is 11.4 Å². The van der Waals surface area contributed by atoms with Gasteiger partial charge in [-0.1, -0.05) is 30.7 Å². The van der Waals surface area contributed by atoms with Crippen molar-refractivity contribution in [2.75, 3.05) is 10.2 Å². The van der Waals surface area contributed by atoms with Gasteiger partial charge in [0.1, 0.15) is 0 Å². The third-order valence-corrected chi connectivity index (χ3v) is 6.18. The molecule has 150 valence electrons. The highest BCUT2D eigenvalue weighted by atomic mass is 16.2. The lowest BCUT2D eigenvalue weighted by atomic mass is 9.76. The van der Waals surface area contributed by atoms with E-state index in [1.54, 1.807) is 24.3 Å². The lowest BCUT2D eigenvalue weighted by molar-refractivity contribution is -0.122. The van der Waals surface area contributed by atoms with E-state index in [1.165, 1.54) is 4.90 Å². The molecule has 2 aromatic carbocycles. The van der Waals surface area contributed by atoms with Crippen LogP contribution in [0.3, 0.4) is 0 Å². The Hall–Kier alpha value is -2.95. The smallest absolute Gasteiger partial charge is 0.255 e. The molecule has 2 fully saturated rings. The molecular formula is C24H26N2O3. The summed E-state index contributed by atoms with van der Waals surface area (Å²) in [4.78, 5) is 39.9. The van der Waals surface area contributed by atoms with Crippen molar-refractivity contribution in [2.24, 2.45) is 17.8 Å². The predicted molar refractivity (Wildman–Crippen MR) is 113 cm³/mol. The summed E-state index contributed by atoms with van der Waals surface area (Å²) in [6.07, 6.45) is 2.50. The molecule has 1 saturated heterocycles. The lowest BCUT2D eigenvalue weighted by Gasteiger charge is -2.25. The largest absolute Gasteiger partial charge is 0.322 e. The number of nitrogens with zero attached hydrogens (tertiary/aromatic N) is 1. The van der Waals surface area contributed by atoms with Gasteiger partial charge in [0.25, 0.3) is 5.91 Å². The summed E-state index contributed by atoms with van der Waals surface area (Å²) in [7, 11) is 0. The molecule has 4 rings (SSSR count). The van der Waals surface area contributed by atoms with Gasteiger partial charge in [0.2, 0.25) is 11.8 Å². The highest BCUT2D eigenvalue weighted by molar-refractivity contribution is 6.22.